The fourth-order valence-electron chi connectivity index (χ4n) is 1.61. The van der Waals surface area contributed by atoms with Gasteiger partial charge in [-0.15, -0.1) is 0 Å². The molecule has 2 N–H and O–H groups in total. The zero-order valence-corrected chi connectivity index (χ0v) is 12.1. The lowest BCUT2D eigenvalue weighted by molar-refractivity contribution is -0.564. The molecule has 1 heterocycles. The van der Waals surface area contributed by atoms with Crippen LogP contribution in [0.15, 0.2) is 0 Å². The fourth-order valence-corrected chi connectivity index (χ4v) is 1.61. The molecule has 0 aromatic heterocycles. The Labute approximate surface area is 117 Å². The van der Waals surface area contributed by atoms with Gasteiger partial charge in [-0.3, -0.25) is 4.79 Å². The van der Waals surface area contributed by atoms with Crippen LogP contribution in [0.5, 0.6) is 0 Å². The first-order valence-electron chi connectivity index (χ1n) is 6.30. The highest BCUT2D eigenvalue weighted by atomic mass is 17.5. The van der Waals surface area contributed by atoms with E-state index >= 15 is 0 Å². The molecule has 8 nitrogen and oxygen atoms in total. The van der Waals surface area contributed by atoms with E-state index in [0.717, 1.165) is 0 Å². The summed E-state index contributed by atoms with van der Waals surface area (Å²) in [5.74, 6) is -1.05. The topological polar surface area (TPSA) is 103 Å². The fraction of sp³-hybridized carbons (Fsp3) is 0.833. The second-order valence-corrected chi connectivity index (χ2v) is 5.86. The summed E-state index contributed by atoms with van der Waals surface area (Å²) in [6, 6.07) is 0. The van der Waals surface area contributed by atoms with Crippen molar-refractivity contribution in [3.8, 4) is 0 Å². The Balaban J connectivity index is 2.44. The smallest absolute Gasteiger partial charge is 0.407 e. The van der Waals surface area contributed by atoms with E-state index < -0.39 is 29.2 Å². The van der Waals surface area contributed by atoms with Gasteiger partial charge in [0, 0.05) is 6.54 Å². The summed E-state index contributed by atoms with van der Waals surface area (Å²) in [4.78, 5) is 32.1. The van der Waals surface area contributed by atoms with Crippen molar-refractivity contribution >= 4 is 12.1 Å². The van der Waals surface area contributed by atoms with Crippen molar-refractivity contribution in [2.24, 2.45) is 5.41 Å². The highest BCUT2D eigenvalue weighted by Crippen LogP contribution is 2.31. The van der Waals surface area contributed by atoms with Gasteiger partial charge in [-0.1, -0.05) is 5.04 Å². The number of nitrogens with one attached hydrogen (secondary N) is 1. The van der Waals surface area contributed by atoms with Gasteiger partial charge in [0.15, 0.2) is 0 Å². The maximum atomic E-state index is 11.4. The van der Waals surface area contributed by atoms with E-state index in [2.05, 4.69) is 15.2 Å². The number of carboxylic acid groups (broad SMARTS) is 1. The lowest BCUT2D eigenvalue weighted by Gasteiger charge is -2.34. The van der Waals surface area contributed by atoms with Gasteiger partial charge in [0.2, 0.25) is 0 Å². The van der Waals surface area contributed by atoms with E-state index in [1.165, 1.54) is 6.92 Å². The van der Waals surface area contributed by atoms with Crippen LogP contribution >= 0.6 is 0 Å². The maximum Gasteiger partial charge on any atom is 0.407 e. The molecule has 1 saturated heterocycles. The first-order valence-corrected chi connectivity index (χ1v) is 6.30. The van der Waals surface area contributed by atoms with Crippen molar-refractivity contribution in [2.45, 2.75) is 45.8 Å². The molecule has 1 amide bonds. The second kappa shape index (κ2) is 6.38. The van der Waals surface area contributed by atoms with Gasteiger partial charge >= 0.3 is 12.1 Å². The van der Waals surface area contributed by atoms with Crippen LogP contribution in [0, 0.1) is 5.41 Å². The minimum absolute atomic E-state index is 0.126. The van der Waals surface area contributed by atoms with Crippen LogP contribution in [0.2, 0.25) is 0 Å². The van der Waals surface area contributed by atoms with Crippen molar-refractivity contribution in [3.63, 3.8) is 0 Å². The molecule has 8 heteroatoms. The average Bonchev–Trinajstić information content (AvgIpc) is 2.29. The molecule has 0 bridgehead atoms. The summed E-state index contributed by atoms with van der Waals surface area (Å²) in [5, 5.41) is 16.1. The standard InChI is InChI=1S/C12H21NO7/c1-11(2,3)18-10(16)13-6-5-8-12(4,9(14)15)7-17-20-19-8/h8H,5-7H2,1-4H3,(H,13,16)(H,14,15). The van der Waals surface area contributed by atoms with E-state index in [1.54, 1.807) is 20.8 Å². The molecule has 1 rings (SSSR count). The van der Waals surface area contributed by atoms with E-state index in [4.69, 9.17) is 9.62 Å². The third kappa shape index (κ3) is 4.62. The van der Waals surface area contributed by atoms with Gasteiger partial charge in [-0.2, -0.15) is 0 Å². The highest BCUT2D eigenvalue weighted by molar-refractivity contribution is 5.75. The predicted octanol–water partition coefficient (Wildman–Crippen LogP) is 1.25. The Morgan fingerprint density at radius 3 is 2.65 bits per heavy atom. The number of rotatable bonds is 4. The number of carboxylic acids is 1. The molecule has 1 aliphatic heterocycles. The molecule has 0 radical (unpaired) electrons. The Hall–Kier alpha value is -1.38. The average molecular weight is 291 g/mol. The first kappa shape index (κ1) is 16.7. The van der Waals surface area contributed by atoms with E-state index in [-0.39, 0.29) is 19.6 Å². The quantitative estimate of drug-likeness (QED) is 0.751. The lowest BCUT2D eigenvalue weighted by Crippen LogP contribution is -2.49. The summed E-state index contributed by atoms with van der Waals surface area (Å²) in [6.07, 6.45) is -1.04. The molecular weight excluding hydrogens is 270 g/mol. The minimum atomic E-state index is -1.23. The Kier molecular flexibility index (Phi) is 5.32. The van der Waals surface area contributed by atoms with Crippen LogP contribution in [0.25, 0.3) is 0 Å². The molecule has 0 aromatic rings. The highest BCUT2D eigenvalue weighted by Gasteiger charge is 2.46. The number of alkyl carbamates (subject to hydrolysis) is 1. The van der Waals surface area contributed by atoms with Crippen LogP contribution in [-0.4, -0.2) is 42.0 Å². The van der Waals surface area contributed by atoms with E-state index in [9.17, 15) is 14.7 Å². The van der Waals surface area contributed by atoms with E-state index in [0.29, 0.717) is 0 Å². The molecule has 0 saturated carbocycles. The number of carbonyl (C=O) groups is 2. The number of aliphatic carboxylic acids is 1. The summed E-state index contributed by atoms with van der Waals surface area (Å²) in [5.41, 5.74) is -1.81. The zero-order chi connectivity index (χ0) is 15.4. The van der Waals surface area contributed by atoms with Crippen LogP contribution in [0.3, 0.4) is 0 Å². The molecule has 20 heavy (non-hydrogen) atoms. The van der Waals surface area contributed by atoms with Gasteiger partial charge in [-0.05, 0) is 34.1 Å². The molecule has 2 unspecified atom stereocenters. The molecule has 116 valence electrons. The molecule has 0 aromatic carbocycles. The summed E-state index contributed by atoms with van der Waals surface area (Å²) < 4.78 is 5.06. The molecule has 0 aliphatic carbocycles. The molecule has 1 aliphatic rings. The maximum absolute atomic E-state index is 11.4. The van der Waals surface area contributed by atoms with Crippen molar-refractivity contribution < 1.29 is 34.2 Å². The largest absolute Gasteiger partial charge is 0.481 e. The van der Waals surface area contributed by atoms with Crippen molar-refractivity contribution in [2.75, 3.05) is 13.2 Å². The monoisotopic (exact) mass is 291 g/mol. The number of amides is 1. The molecule has 1 fully saturated rings. The summed E-state index contributed by atoms with van der Waals surface area (Å²) in [6.45, 7) is 6.83. The Bertz CT molecular complexity index is 365. The van der Waals surface area contributed by atoms with Crippen LogP contribution < -0.4 is 5.32 Å². The normalized spacial score (nSPS) is 26.9. The second-order valence-electron chi connectivity index (χ2n) is 5.86. The van der Waals surface area contributed by atoms with Crippen molar-refractivity contribution in [1.82, 2.24) is 5.32 Å². The van der Waals surface area contributed by atoms with Crippen LogP contribution in [-0.2, 0) is 24.3 Å². The summed E-state index contributed by atoms with van der Waals surface area (Å²) in [7, 11) is 0. The van der Waals surface area contributed by atoms with E-state index in [1.807, 2.05) is 0 Å². The first-order chi connectivity index (χ1) is 9.15. The number of hydrogen-bond donors (Lipinski definition) is 2. The number of carbonyl (C=O) groups excluding carboxylic acids is 1. The number of hydrogen-bond acceptors (Lipinski definition) is 6. The zero-order valence-electron chi connectivity index (χ0n) is 12.1. The van der Waals surface area contributed by atoms with Gasteiger partial charge < -0.3 is 15.2 Å². The summed E-state index contributed by atoms with van der Waals surface area (Å²) >= 11 is 0. The third-order valence-electron chi connectivity index (χ3n) is 2.84. The molecule has 2 atom stereocenters. The van der Waals surface area contributed by atoms with Crippen LogP contribution in [0.1, 0.15) is 34.1 Å². The lowest BCUT2D eigenvalue weighted by atomic mass is 9.83. The SMILES string of the molecule is CC(C)(C)OC(=O)NCCC1OOOCC1(C)C(=O)O. The van der Waals surface area contributed by atoms with Crippen molar-refractivity contribution in [3.05, 3.63) is 0 Å². The van der Waals surface area contributed by atoms with Crippen LogP contribution in [0.4, 0.5) is 4.79 Å². The molecular formula is C12H21NO7. The third-order valence-corrected chi connectivity index (χ3v) is 2.84. The molecule has 0 spiro atoms. The Morgan fingerprint density at radius 1 is 1.45 bits per heavy atom. The predicted molar refractivity (Wildman–Crippen MR) is 66.5 cm³/mol. The minimum Gasteiger partial charge on any atom is -0.481 e. The number of ether oxygens (including phenoxy) is 1. The van der Waals surface area contributed by atoms with Gasteiger partial charge in [0.05, 0.1) is 0 Å². The van der Waals surface area contributed by atoms with Gasteiger partial charge in [0.1, 0.15) is 23.7 Å². The van der Waals surface area contributed by atoms with Crippen molar-refractivity contribution in [1.29, 1.82) is 0 Å². The van der Waals surface area contributed by atoms with Gasteiger partial charge in [-0.25, -0.2) is 14.6 Å². The van der Waals surface area contributed by atoms with Gasteiger partial charge in [0.25, 0.3) is 0 Å². The Morgan fingerprint density at radius 2 is 2.10 bits per heavy atom.